The van der Waals surface area contributed by atoms with Crippen LogP contribution in [0.2, 0.25) is 77.1 Å². The Kier molecular flexibility index (Phi) is 26.5. The van der Waals surface area contributed by atoms with Crippen molar-refractivity contribution in [3.05, 3.63) is 110 Å². The molecule has 6 fully saturated rings. The molecule has 12 heterocycles. The summed E-state index contributed by atoms with van der Waals surface area (Å²) in [5.74, 6) is 4.38. The smallest absolute Gasteiger partial charge is 0.241 e. The number of halogens is 1. The number of amides is 3. The molecule has 15 rings (SSSR count). The minimum Gasteiger partial charge on any atom is -0.508 e. The summed E-state index contributed by atoms with van der Waals surface area (Å²) in [6, 6.07) is 32.6. The van der Waals surface area contributed by atoms with Crippen molar-refractivity contribution in [2.75, 3.05) is 154 Å². The second-order valence-electron chi connectivity index (χ2n) is 32.3. The Hall–Kier alpha value is -8.13. The molecule has 27 nitrogen and oxygen atoms in total. The van der Waals surface area contributed by atoms with Crippen LogP contribution in [0, 0.1) is 0 Å². The van der Waals surface area contributed by atoms with Crippen LogP contribution in [0.4, 0.5) is 17.5 Å². The molecule has 584 valence electrons. The van der Waals surface area contributed by atoms with Crippen molar-refractivity contribution in [1.82, 2.24) is 59.0 Å². The number of carbonyl (C=O) groups excluding carboxylic acids is 3. The third-order valence-electron chi connectivity index (χ3n) is 19.6. The van der Waals surface area contributed by atoms with E-state index in [1.165, 1.54) is 0 Å². The van der Waals surface area contributed by atoms with Crippen LogP contribution in [0.15, 0.2) is 110 Å². The Bertz CT molecular complexity index is 4420. The number of phenols is 1. The molecule has 109 heavy (non-hydrogen) atoms. The van der Waals surface area contributed by atoms with E-state index < -0.39 is 24.2 Å². The minimum absolute atomic E-state index is 0.0820. The lowest BCUT2D eigenvalue weighted by Gasteiger charge is -2.32. The van der Waals surface area contributed by atoms with E-state index in [9.17, 15) is 19.5 Å². The average Bonchev–Trinajstić information content (AvgIpc) is 1.65. The highest BCUT2D eigenvalue weighted by Gasteiger charge is 2.29. The maximum atomic E-state index is 12.3. The van der Waals surface area contributed by atoms with Gasteiger partial charge in [0.15, 0.2) is 0 Å². The van der Waals surface area contributed by atoms with Gasteiger partial charge in [0.25, 0.3) is 0 Å². The van der Waals surface area contributed by atoms with E-state index in [-0.39, 0.29) is 35.7 Å². The van der Waals surface area contributed by atoms with Crippen LogP contribution < -0.4 is 24.2 Å². The molecule has 3 aromatic carbocycles. The highest BCUT2D eigenvalue weighted by atomic mass is 127. The molecule has 6 saturated heterocycles. The number of aromatic hydroxyl groups is 1. The van der Waals surface area contributed by atoms with Gasteiger partial charge in [-0.25, -0.2) is 29.0 Å². The van der Waals surface area contributed by atoms with Crippen LogP contribution in [-0.4, -0.2) is 262 Å². The van der Waals surface area contributed by atoms with Gasteiger partial charge in [0.1, 0.15) is 84.2 Å². The molecule has 6 aliphatic rings. The SMILES string of the molecule is CN1CCN(c2cc(-c3nn(COCC[Si](C)(C)C)c4ccc(O)cc34)ccn2)CC1=O.CN1CCN(c2cc(-c3nn(COCC[Si](C)(C)C)c4ccc(OC5COC5)cc34)ccn2)CC1=O.CN1CCN(c2cc(-c3nn(COCC[Si](C)(C)C)c4ccc(OC5COC5)cc34)ccn2)CC1=O.IC1COC1. The quantitative estimate of drug-likeness (QED) is 0.0241. The van der Waals surface area contributed by atoms with Crippen molar-refractivity contribution >= 4 is 115 Å². The lowest BCUT2D eigenvalue weighted by Crippen LogP contribution is -2.48. The summed E-state index contributed by atoms with van der Waals surface area (Å²) in [5, 5.41) is 27.7. The lowest BCUT2D eigenvalue weighted by molar-refractivity contribution is -0.130. The number of benzene rings is 3. The molecule has 0 atom stereocenters. The molecule has 0 radical (unpaired) electrons. The molecule has 0 spiro atoms. The van der Waals surface area contributed by atoms with Crippen molar-refractivity contribution in [2.45, 2.75) is 113 Å². The van der Waals surface area contributed by atoms with Crippen LogP contribution in [0.25, 0.3) is 66.5 Å². The zero-order chi connectivity index (χ0) is 77.2. The van der Waals surface area contributed by atoms with E-state index in [1.807, 2.05) is 129 Å². The van der Waals surface area contributed by atoms with Crippen molar-refractivity contribution in [2.24, 2.45) is 0 Å². The summed E-state index contributed by atoms with van der Waals surface area (Å²) in [4.78, 5) is 61.5. The number of rotatable bonds is 25. The fourth-order valence-electron chi connectivity index (χ4n) is 12.4. The molecular weight excluding hydrogens is 1550 g/mol. The number of nitrogens with zero attached hydrogens (tertiary/aromatic N) is 15. The number of ether oxygens (including phenoxy) is 8. The maximum absolute atomic E-state index is 12.3. The maximum Gasteiger partial charge on any atom is 0.241 e. The first kappa shape index (κ1) is 80.4. The molecule has 3 amide bonds. The molecule has 9 aromatic rings. The molecule has 0 aliphatic carbocycles. The molecule has 0 saturated carbocycles. The molecule has 0 unspecified atom stereocenters. The van der Waals surface area contributed by atoms with E-state index in [4.69, 9.17) is 53.2 Å². The van der Waals surface area contributed by atoms with Gasteiger partial charge >= 0.3 is 0 Å². The van der Waals surface area contributed by atoms with Crippen molar-refractivity contribution < 1.29 is 57.4 Å². The lowest BCUT2D eigenvalue weighted by atomic mass is 10.1. The number of phenolic OH excluding ortho intramolecular Hbond substituents is 1. The van der Waals surface area contributed by atoms with Crippen LogP contribution >= 0.6 is 22.6 Å². The number of fused-ring (bicyclic) bond motifs is 3. The topological polar surface area (TPSA) is 257 Å². The highest BCUT2D eigenvalue weighted by molar-refractivity contribution is 14.1. The third-order valence-corrected chi connectivity index (χ3v) is 25.5. The van der Waals surface area contributed by atoms with E-state index in [1.54, 1.807) is 45.4 Å². The Morgan fingerprint density at radius 2 is 0.743 bits per heavy atom. The summed E-state index contributed by atoms with van der Waals surface area (Å²) in [6.07, 6.45) is 5.50. The first-order valence-electron chi connectivity index (χ1n) is 37.6. The monoisotopic (exact) mass is 1660 g/mol. The number of carbonyl (C=O) groups is 3. The van der Waals surface area contributed by atoms with E-state index in [2.05, 4.69) is 96.5 Å². The summed E-state index contributed by atoms with van der Waals surface area (Å²) in [5.41, 5.74) is 8.11. The largest absolute Gasteiger partial charge is 0.508 e. The Morgan fingerprint density at radius 1 is 0.431 bits per heavy atom. The van der Waals surface area contributed by atoms with Gasteiger partial charge in [-0.2, -0.15) is 15.3 Å². The Morgan fingerprint density at radius 3 is 1.03 bits per heavy atom. The van der Waals surface area contributed by atoms with Crippen LogP contribution in [0.3, 0.4) is 0 Å². The second-order valence-corrected chi connectivity index (χ2v) is 50.9. The van der Waals surface area contributed by atoms with Crippen LogP contribution in [0.1, 0.15) is 0 Å². The second kappa shape index (κ2) is 35.9. The van der Waals surface area contributed by atoms with Gasteiger partial charge in [-0.1, -0.05) is 81.5 Å². The predicted octanol–water partition coefficient (Wildman–Crippen LogP) is 11.1. The van der Waals surface area contributed by atoms with E-state index in [0.29, 0.717) is 92.5 Å². The predicted molar refractivity (Wildman–Crippen MR) is 442 cm³/mol. The summed E-state index contributed by atoms with van der Waals surface area (Å²) in [7, 11) is 1.99. The molecule has 6 aliphatic heterocycles. The zero-order valence-electron chi connectivity index (χ0n) is 65.1. The van der Waals surface area contributed by atoms with Crippen molar-refractivity contribution in [3.8, 4) is 51.0 Å². The number of anilines is 3. The fourth-order valence-corrected chi connectivity index (χ4v) is 15.2. The first-order valence-corrected chi connectivity index (χ1v) is 50.0. The normalized spacial score (nSPS) is 16.9. The Balaban J connectivity index is 0.000000148. The van der Waals surface area contributed by atoms with Crippen molar-refractivity contribution in [1.29, 1.82) is 0 Å². The summed E-state index contributed by atoms with van der Waals surface area (Å²) < 4.78 is 52.0. The zero-order valence-corrected chi connectivity index (χ0v) is 70.3. The molecular formula is C78H106IN15O12Si3. The fraction of sp³-hybridized carbons (Fsp3) is 0.500. The number of hydrogen-bond acceptors (Lipinski definition) is 21. The average molecular weight is 1660 g/mol. The number of hydrogen-bond donors (Lipinski definition) is 1. The minimum atomic E-state index is -1.17. The highest BCUT2D eigenvalue weighted by Crippen LogP contribution is 2.37. The van der Waals surface area contributed by atoms with Crippen LogP contribution in [-0.2, 0) is 63.0 Å². The number of alkyl halides is 1. The third kappa shape index (κ3) is 21.7. The molecule has 6 aromatic heterocycles. The van der Waals surface area contributed by atoms with Gasteiger partial charge in [0.2, 0.25) is 17.7 Å². The first-order chi connectivity index (χ1) is 52.1. The van der Waals surface area contributed by atoms with Gasteiger partial charge in [-0.3, -0.25) is 14.4 Å². The van der Waals surface area contributed by atoms with Crippen molar-refractivity contribution in [3.63, 3.8) is 0 Å². The standard InChI is InChI=1S/2C26H35N5O4Si.C23H31N5O3Si.C3H5IO/c2*1-29-9-10-30(15-25(29)32)24-13-19(7-8-27-24)26-22-14-20(35-21-16-34-17-21)5-6-23(22)31(28-26)18-33-11-12-36(2,3)4;1-26-9-10-27(15-22(26)30)21-13-17(7-8-24-21)23-19-14-18(29)5-6-20(19)28(25-23)16-31-11-12-32(2,3)4;4-3-1-5-2-3/h2*5-8,13-14,21H,9-12,15-18H2,1-4H3;5-8,13-14,29H,9-12,15-16H2,1-4H3;3H,1-2H2. The van der Waals surface area contributed by atoms with Crippen LogP contribution in [0.5, 0.6) is 17.2 Å². The van der Waals surface area contributed by atoms with Gasteiger partial charge in [-0.05, 0) is 109 Å². The van der Waals surface area contributed by atoms with E-state index >= 15 is 0 Å². The number of pyridine rings is 3. The van der Waals surface area contributed by atoms with Gasteiger partial charge < -0.3 is 72.4 Å². The number of aromatic nitrogens is 9. The van der Waals surface area contributed by atoms with Gasteiger partial charge in [-0.15, -0.1) is 0 Å². The molecule has 0 bridgehead atoms. The molecule has 1 N–H and O–H groups in total. The number of piperazine rings is 3. The van der Waals surface area contributed by atoms with Gasteiger partial charge in [0.05, 0.1) is 79.8 Å². The summed E-state index contributed by atoms with van der Waals surface area (Å²) >= 11 is 2.37. The Labute approximate surface area is 655 Å². The molecule has 31 heteroatoms. The van der Waals surface area contributed by atoms with Gasteiger partial charge in [0, 0.05) is 156 Å². The number of likely N-dealkylation sites (N-methyl/N-ethyl adjacent to an activating group) is 3. The summed E-state index contributed by atoms with van der Waals surface area (Å²) in [6.45, 7) is 34.0. The van der Waals surface area contributed by atoms with E-state index in [0.717, 1.165) is 164 Å².